The van der Waals surface area contributed by atoms with E-state index in [4.69, 9.17) is 40.0 Å². The van der Waals surface area contributed by atoms with Crippen molar-refractivity contribution in [1.29, 1.82) is 0 Å². The Hall–Kier alpha value is -6.20. The quantitative estimate of drug-likeness (QED) is 0.0236. The number of aliphatic hydroxyl groups excluding tert-OH is 1. The first-order valence-corrected chi connectivity index (χ1v) is 28.8. The number of anilines is 1. The molecule has 2 aromatic carbocycles. The molecule has 452 valence electrons. The number of rotatable bonds is 23. The molecule has 2 saturated heterocycles. The van der Waals surface area contributed by atoms with E-state index in [1.54, 1.807) is 45.2 Å². The van der Waals surface area contributed by atoms with E-state index in [2.05, 4.69) is 21.4 Å². The number of carbonyl (C=O) groups excluding carboxylic acids is 6. The van der Waals surface area contributed by atoms with Crippen molar-refractivity contribution in [3.05, 3.63) is 82.5 Å². The SMILES string of the molecule is CNN(C)Cc1cc2ccccc2n1CCC(=O)N[C@@H](CS(=O)(=O)O)C(=O)NCCOCCOCCC(=O)N(C)[C@@H](C)C(=O)O[C@H]1CC(=O)N(C)c2cc(cc(OC)c2Cl)C/C(C)=C/C=C/[C@@H](O)[C@@]2(O)C[C@H](OC(=O)N2)[C@@H](C)C2O[C@]21C. The van der Waals surface area contributed by atoms with Gasteiger partial charge in [-0.3, -0.25) is 34.5 Å². The molecular formula is C55H77ClN8O17S. The topological polar surface area (TPSA) is 319 Å². The van der Waals surface area contributed by atoms with Crippen molar-refractivity contribution in [2.75, 3.05) is 78.9 Å². The second-order valence-corrected chi connectivity index (χ2v) is 22.9. The van der Waals surface area contributed by atoms with E-state index in [1.165, 1.54) is 44.0 Å². The van der Waals surface area contributed by atoms with Gasteiger partial charge in [-0.05, 0) is 69.5 Å². The van der Waals surface area contributed by atoms with Crippen LogP contribution in [-0.4, -0.2) is 195 Å². The number of alkyl carbamates (subject to hydrolysis) is 1. The van der Waals surface area contributed by atoms with E-state index in [9.17, 15) is 52.0 Å². The molecule has 1 unspecified atom stereocenters. The monoisotopic (exact) mass is 1190 g/mol. The number of carbonyl (C=O) groups is 6. The minimum Gasteiger partial charge on any atom is -0.495 e. The summed E-state index contributed by atoms with van der Waals surface area (Å²) < 4.78 is 69.8. The fourth-order valence-electron chi connectivity index (χ4n) is 9.84. The van der Waals surface area contributed by atoms with Gasteiger partial charge in [0.05, 0.1) is 64.7 Å². The zero-order valence-corrected chi connectivity index (χ0v) is 49.2. The number of hydrogen-bond acceptors (Lipinski definition) is 18. The highest BCUT2D eigenvalue weighted by Crippen LogP contribution is 2.49. The number of esters is 1. The standard InChI is InChI=1S/C55H77ClN8O17S/c1-33-13-12-16-44(65)55(72)30-43(79-53(71)60-55)34(2)50-54(4,81-50)45(29-48(68)63(8)41-26-36(25-33)27-42(76-9)49(41)56)80-52(70)35(3)62(7)47(67)18-21-77-23-24-78-22-19-58-51(69)39(32-82(73,74)75)59-46(66)17-20-64-38(31-61(6)57-5)28-37-14-10-11-15-40(37)64/h10-16,26-28,34-35,39,43-45,50,57,65,72H,17-25,29-32H2,1-9H3,(H,58,69)(H,59,66)(H,60,71)(H,73,74,75)/b16-12+,33-13+/t34-,35+,39+,43+,44-,45+,50?,54+,55+/m1/s1. The Kier molecular flexibility index (Phi) is 22.5. The molecule has 0 radical (unpaired) electrons. The van der Waals surface area contributed by atoms with Gasteiger partial charge >= 0.3 is 12.1 Å². The Morgan fingerprint density at radius 1 is 1.05 bits per heavy atom. The van der Waals surface area contributed by atoms with E-state index in [1.807, 2.05) is 53.9 Å². The molecule has 5 amide bonds. The van der Waals surface area contributed by atoms with Crippen LogP contribution in [0.5, 0.6) is 5.75 Å². The van der Waals surface area contributed by atoms with Crippen molar-refractivity contribution in [2.24, 2.45) is 5.92 Å². The number of aryl methyl sites for hydroxylation is 1. The fraction of sp³-hybridized carbons (Fsp3) is 0.564. The Bertz CT molecular complexity index is 2980. The summed E-state index contributed by atoms with van der Waals surface area (Å²) in [5, 5.41) is 32.9. The minimum atomic E-state index is -4.68. The predicted octanol–water partition coefficient (Wildman–Crippen LogP) is 2.38. The summed E-state index contributed by atoms with van der Waals surface area (Å²) in [6, 6.07) is 10.4. The van der Waals surface area contributed by atoms with Gasteiger partial charge in [-0.2, -0.15) is 8.42 Å². The lowest BCUT2D eigenvalue weighted by molar-refractivity contribution is -0.162. The molecule has 2 fully saturated rings. The molecule has 27 heteroatoms. The number of aliphatic hydroxyl groups is 2. The number of hydrazine groups is 1. The van der Waals surface area contributed by atoms with Gasteiger partial charge in [-0.1, -0.05) is 60.5 Å². The average molecular weight is 1190 g/mol. The molecule has 0 saturated carbocycles. The average Bonchev–Trinajstić information content (AvgIpc) is 3.82. The predicted molar refractivity (Wildman–Crippen MR) is 301 cm³/mol. The van der Waals surface area contributed by atoms with Crippen LogP contribution in [0.1, 0.15) is 64.6 Å². The summed E-state index contributed by atoms with van der Waals surface area (Å²) in [7, 11) is 3.34. The third kappa shape index (κ3) is 17.0. The van der Waals surface area contributed by atoms with E-state index < -0.39 is 112 Å². The molecule has 4 bridgehead atoms. The highest BCUT2D eigenvalue weighted by Gasteiger charge is 2.64. The normalized spacial score (nSPS) is 24.9. The molecule has 0 spiro atoms. The number of ether oxygens (including phenoxy) is 6. The van der Waals surface area contributed by atoms with Crippen LogP contribution in [0, 0.1) is 5.92 Å². The largest absolute Gasteiger partial charge is 0.495 e. The minimum absolute atomic E-state index is 0.0302. The molecule has 3 aliphatic rings. The summed E-state index contributed by atoms with van der Waals surface area (Å²) in [5.74, 6) is -4.75. The first-order valence-electron chi connectivity index (χ1n) is 26.8. The number of hydrogen-bond donors (Lipinski definition) is 7. The molecule has 25 nitrogen and oxygen atoms in total. The van der Waals surface area contributed by atoms with E-state index in [0.29, 0.717) is 24.4 Å². The van der Waals surface area contributed by atoms with Crippen LogP contribution >= 0.6 is 11.6 Å². The van der Waals surface area contributed by atoms with Crippen LogP contribution in [0.2, 0.25) is 5.02 Å². The van der Waals surface area contributed by atoms with Gasteiger partial charge in [0.2, 0.25) is 23.6 Å². The summed E-state index contributed by atoms with van der Waals surface area (Å²) in [6.07, 6.45) is -1.52. The molecule has 4 heterocycles. The first kappa shape index (κ1) is 65.0. The number of allylic oxidation sites excluding steroid dienone is 3. The van der Waals surface area contributed by atoms with Gasteiger partial charge in [0.25, 0.3) is 10.1 Å². The lowest BCUT2D eigenvalue weighted by Gasteiger charge is -2.41. The van der Waals surface area contributed by atoms with Crippen LogP contribution in [-0.2, 0) is 77.3 Å². The van der Waals surface area contributed by atoms with E-state index in [-0.39, 0.29) is 63.8 Å². The molecule has 6 rings (SSSR count). The third-order valence-corrected chi connectivity index (χ3v) is 16.1. The number of methoxy groups -OCH3 is 1. The van der Waals surface area contributed by atoms with Crippen LogP contribution in [0.4, 0.5) is 10.5 Å². The number of nitrogens with one attached hydrogen (secondary N) is 4. The summed E-state index contributed by atoms with van der Waals surface area (Å²) in [6.45, 7) is 7.26. The molecule has 7 N–H and O–H groups in total. The van der Waals surface area contributed by atoms with Gasteiger partial charge in [-0.25, -0.2) is 14.6 Å². The maximum Gasteiger partial charge on any atom is 0.409 e. The Morgan fingerprint density at radius 2 is 1.76 bits per heavy atom. The van der Waals surface area contributed by atoms with E-state index in [0.717, 1.165) is 27.7 Å². The van der Waals surface area contributed by atoms with Gasteiger partial charge in [0, 0.05) is 64.2 Å². The lowest BCUT2D eigenvalue weighted by Crippen LogP contribution is -2.63. The molecule has 3 aromatic rings. The van der Waals surface area contributed by atoms with Crippen LogP contribution < -0.4 is 31.0 Å². The number of likely N-dealkylation sites (N-methyl/N-ethyl adjacent to an activating group) is 1. The molecular weight excluding hydrogens is 1110 g/mol. The fourth-order valence-corrected chi connectivity index (χ4v) is 10.8. The second kappa shape index (κ2) is 28.4. The number of halogens is 1. The summed E-state index contributed by atoms with van der Waals surface area (Å²) in [5.41, 5.74) is 3.23. The number of benzene rings is 2. The zero-order chi connectivity index (χ0) is 60.3. The van der Waals surface area contributed by atoms with Crippen molar-refractivity contribution < 1.29 is 80.4 Å². The maximum absolute atomic E-state index is 14.3. The van der Waals surface area contributed by atoms with Crippen LogP contribution in [0.15, 0.2) is 66.3 Å². The second-order valence-electron chi connectivity index (χ2n) is 21.0. The third-order valence-electron chi connectivity index (χ3n) is 14.9. The van der Waals surface area contributed by atoms with Crippen molar-refractivity contribution in [2.45, 2.75) is 121 Å². The Morgan fingerprint density at radius 3 is 2.45 bits per heavy atom. The van der Waals surface area contributed by atoms with Gasteiger partial charge < -0.3 is 63.6 Å². The van der Waals surface area contributed by atoms with E-state index >= 15 is 0 Å². The summed E-state index contributed by atoms with van der Waals surface area (Å²) in [4.78, 5) is 83.2. The molecule has 3 aliphatic heterocycles. The molecule has 9 atom stereocenters. The number of aromatic nitrogens is 1. The number of amides is 5. The number of fused-ring (bicyclic) bond motifs is 6. The lowest BCUT2D eigenvalue weighted by atomic mass is 9.83. The van der Waals surface area contributed by atoms with Crippen LogP contribution in [0.3, 0.4) is 0 Å². The highest BCUT2D eigenvalue weighted by atomic mass is 35.5. The van der Waals surface area contributed by atoms with Crippen molar-refractivity contribution >= 4 is 74.0 Å². The number of epoxide rings is 1. The number of para-hydroxylation sites is 1. The molecule has 0 aliphatic carbocycles. The summed E-state index contributed by atoms with van der Waals surface area (Å²) >= 11 is 6.78. The van der Waals surface area contributed by atoms with Crippen LogP contribution in [0.25, 0.3) is 10.9 Å². The Balaban J connectivity index is 0.998. The first-order chi connectivity index (χ1) is 38.7. The van der Waals surface area contributed by atoms with Crippen molar-refractivity contribution in [3.8, 4) is 5.75 Å². The van der Waals surface area contributed by atoms with Crippen molar-refractivity contribution in [1.82, 2.24) is 35.9 Å². The van der Waals surface area contributed by atoms with Gasteiger partial charge in [0.1, 0.15) is 52.5 Å². The van der Waals surface area contributed by atoms with Crippen molar-refractivity contribution in [3.63, 3.8) is 0 Å². The Labute approximate surface area is 482 Å². The molecule has 82 heavy (non-hydrogen) atoms. The smallest absolute Gasteiger partial charge is 0.409 e. The number of nitrogens with zero attached hydrogens (tertiary/aromatic N) is 4. The highest BCUT2D eigenvalue weighted by molar-refractivity contribution is 7.85. The van der Waals surface area contributed by atoms with Gasteiger partial charge in [-0.15, -0.1) is 0 Å². The maximum atomic E-state index is 14.3. The molecule has 1 aromatic heterocycles. The van der Waals surface area contributed by atoms with Gasteiger partial charge in [0.15, 0.2) is 5.72 Å². The zero-order valence-electron chi connectivity index (χ0n) is 47.6.